The average Bonchev–Trinajstić information content (AvgIpc) is 3.02. The van der Waals surface area contributed by atoms with Gasteiger partial charge in [0.25, 0.3) is 0 Å². The van der Waals surface area contributed by atoms with Crippen LogP contribution in [0, 0.1) is 0 Å². The number of aryl methyl sites for hydroxylation is 1. The zero-order chi connectivity index (χ0) is 18.0. The number of rotatable bonds is 5. The van der Waals surface area contributed by atoms with Gasteiger partial charge in [-0.3, -0.25) is 14.9 Å². The van der Waals surface area contributed by atoms with Crippen molar-refractivity contribution in [3.8, 4) is 0 Å². The molecule has 1 amide bonds. The van der Waals surface area contributed by atoms with Crippen molar-refractivity contribution in [2.75, 3.05) is 5.32 Å². The number of anilines is 1. The molecule has 0 aromatic carbocycles. The molecular formula is C17H19N5O3. The van der Waals surface area contributed by atoms with E-state index in [-0.39, 0.29) is 24.0 Å². The molecule has 0 aliphatic carbocycles. The summed E-state index contributed by atoms with van der Waals surface area (Å²) < 4.78 is 6.77. The van der Waals surface area contributed by atoms with Crippen LogP contribution in [0.4, 0.5) is 5.95 Å². The van der Waals surface area contributed by atoms with Gasteiger partial charge in [0, 0.05) is 24.2 Å². The van der Waals surface area contributed by atoms with Crippen LogP contribution in [0.2, 0.25) is 0 Å². The summed E-state index contributed by atoms with van der Waals surface area (Å²) in [6.07, 6.45) is 3.72. The zero-order valence-corrected chi connectivity index (χ0v) is 14.3. The van der Waals surface area contributed by atoms with Crippen LogP contribution in [0.3, 0.4) is 0 Å². The third kappa shape index (κ3) is 3.42. The molecule has 3 aromatic rings. The number of aromatic nitrogens is 4. The normalized spacial score (nSPS) is 11.2. The molecular weight excluding hydrogens is 322 g/mol. The standard InChI is InChI=1S/C17H19N5O3/c1-4-11-8-12-14(10(2)3)21-22(16(24)15(12)25-11)9-13(23)20-17-18-6-5-7-19-17/h5-8,10H,4,9H2,1-3H3,(H,18,19,20,23). The van der Waals surface area contributed by atoms with Crippen LogP contribution in [0.25, 0.3) is 11.0 Å². The lowest BCUT2D eigenvalue weighted by molar-refractivity contribution is -0.117. The van der Waals surface area contributed by atoms with Crippen molar-refractivity contribution in [3.63, 3.8) is 0 Å². The van der Waals surface area contributed by atoms with Crippen molar-refractivity contribution in [2.45, 2.75) is 39.7 Å². The van der Waals surface area contributed by atoms with Gasteiger partial charge in [0.2, 0.25) is 17.4 Å². The third-order valence-electron chi connectivity index (χ3n) is 3.72. The molecule has 0 saturated heterocycles. The minimum absolute atomic E-state index is 0.0807. The van der Waals surface area contributed by atoms with Crippen molar-refractivity contribution < 1.29 is 9.21 Å². The van der Waals surface area contributed by atoms with E-state index in [1.165, 1.54) is 12.4 Å². The van der Waals surface area contributed by atoms with Crippen LogP contribution < -0.4 is 10.9 Å². The Morgan fingerprint density at radius 2 is 2.04 bits per heavy atom. The van der Waals surface area contributed by atoms with E-state index in [1.54, 1.807) is 6.07 Å². The smallest absolute Gasteiger partial charge is 0.310 e. The number of furan rings is 1. The first kappa shape index (κ1) is 16.8. The van der Waals surface area contributed by atoms with E-state index < -0.39 is 11.5 Å². The SMILES string of the molecule is CCc1cc2c(C(C)C)nn(CC(=O)Nc3ncccn3)c(=O)c2o1. The van der Waals surface area contributed by atoms with Crippen LogP contribution in [-0.4, -0.2) is 25.7 Å². The largest absolute Gasteiger partial charge is 0.455 e. The monoisotopic (exact) mass is 341 g/mol. The predicted octanol–water partition coefficient (Wildman–Crippen LogP) is 2.10. The molecule has 0 saturated carbocycles. The summed E-state index contributed by atoms with van der Waals surface area (Å²) in [5.74, 6) is 0.543. The maximum absolute atomic E-state index is 12.6. The minimum atomic E-state index is -0.433. The summed E-state index contributed by atoms with van der Waals surface area (Å²) in [5, 5.41) is 7.62. The number of fused-ring (bicyclic) bond motifs is 1. The lowest BCUT2D eigenvalue weighted by Crippen LogP contribution is -2.31. The van der Waals surface area contributed by atoms with Crippen molar-refractivity contribution in [1.29, 1.82) is 0 Å². The highest BCUT2D eigenvalue weighted by Gasteiger charge is 2.19. The average molecular weight is 341 g/mol. The highest BCUT2D eigenvalue weighted by atomic mass is 16.3. The highest BCUT2D eigenvalue weighted by Crippen LogP contribution is 2.24. The van der Waals surface area contributed by atoms with Gasteiger partial charge >= 0.3 is 5.56 Å². The summed E-state index contributed by atoms with van der Waals surface area (Å²) in [6.45, 7) is 5.67. The summed E-state index contributed by atoms with van der Waals surface area (Å²) in [6, 6.07) is 3.49. The van der Waals surface area contributed by atoms with Crippen LogP contribution in [0.1, 0.15) is 38.1 Å². The summed E-state index contributed by atoms with van der Waals surface area (Å²) in [7, 11) is 0. The van der Waals surface area contributed by atoms with Crippen molar-refractivity contribution in [1.82, 2.24) is 19.7 Å². The lowest BCUT2D eigenvalue weighted by atomic mass is 10.1. The second kappa shape index (κ2) is 6.84. The Labute approximate surface area is 143 Å². The summed E-state index contributed by atoms with van der Waals surface area (Å²) >= 11 is 0. The number of amides is 1. The van der Waals surface area contributed by atoms with Crippen molar-refractivity contribution in [2.24, 2.45) is 0 Å². The number of nitrogens with one attached hydrogen (secondary N) is 1. The Balaban J connectivity index is 1.97. The van der Waals surface area contributed by atoms with Crippen LogP contribution in [0.15, 0.2) is 33.7 Å². The maximum atomic E-state index is 12.6. The molecule has 0 aliphatic heterocycles. The van der Waals surface area contributed by atoms with Crippen LogP contribution in [0.5, 0.6) is 0 Å². The van der Waals surface area contributed by atoms with E-state index >= 15 is 0 Å². The van der Waals surface area contributed by atoms with E-state index in [1.807, 2.05) is 26.8 Å². The minimum Gasteiger partial charge on any atom is -0.455 e. The van der Waals surface area contributed by atoms with Gasteiger partial charge in [-0.1, -0.05) is 20.8 Å². The fraction of sp³-hybridized carbons (Fsp3) is 0.353. The van der Waals surface area contributed by atoms with E-state index in [4.69, 9.17) is 4.42 Å². The van der Waals surface area contributed by atoms with Gasteiger partial charge in [-0.2, -0.15) is 5.10 Å². The van der Waals surface area contributed by atoms with Gasteiger partial charge in [-0.25, -0.2) is 14.6 Å². The van der Waals surface area contributed by atoms with Gasteiger partial charge in [0.1, 0.15) is 12.3 Å². The first-order valence-electron chi connectivity index (χ1n) is 8.10. The number of carbonyl (C=O) groups is 1. The molecule has 1 N–H and O–H groups in total. The number of hydrogen-bond acceptors (Lipinski definition) is 6. The second-order valence-electron chi connectivity index (χ2n) is 5.93. The number of nitrogens with zero attached hydrogens (tertiary/aromatic N) is 4. The highest BCUT2D eigenvalue weighted by molar-refractivity contribution is 5.89. The molecule has 3 heterocycles. The lowest BCUT2D eigenvalue weighted by Gasteiger charge is -2.10. The number of hydrogen-bond donors (Lipinski definition) is 1. The third-order valence-corrected chi connectivity index (χ3v) is 3.72. The summed E-state index contributed by atoms with van der Waals surface area (Å²) in [4.78, 5) is 32.7. The molecule has 8 nitrogen and oxygen atoms in total. The molecule has 0 unspecified atom stereocenters. The molecule has 3 aromatic heterocycles. The van der Waals surface area contributed by atoms with Crippen molar-refractivity contribution >= 4 is 22.8 Å². The molecule has 25 heavy (non-hydrogen) atoms. The van der Waals surface area contributed by atoms with Gasteiger partial charge in [0.15, 0.2) is 0 Å². The first-order valence-corrected chi connectivity index (χ1v) is 8.10. The van der Waals surface area contributed by atoms with Gasteiger partial charge in [-0.05, 0) is 18.1 Å². The van der Waals surface area contributed by atoms with E-state index in [0.717, 1.165) is 16.1 Å². The molecule has 3 rings (SSSR count). The summed E-state index contributed by atoms with van der Waals surface area (Å²) in [5.41, 5.74) is 0.532. The topological polar surface area (TPSA) is 103 Å². The molecule has 0 fully saturated rings. The van der Waals surface area contributed by atoms with E-state index in [2.05, 4.69) is 20.4 Å². The second-order valence-corrected chi connectivity index (χ2v) is 5.93. The molecule has 8 heteroatoms. The van der Waals surface area contributed by atoms with Gasteiger partial charge < -0.3 is 4.42 Å². The Hall–Kier alpha value is -3.03. The van der Waals surface area contributed by atoms with E-state index in [9.17, 15) is 9.59 Å². The van der Waals surface area contributed by atoms with Crippen LogP contribution in [-0.2, 0) is 17.8 Å². The molecule has 130 valence electrons. The maximum Gasteiger partial charge on any atom is 0.310 e. The molecule has 0 bridgehead atoms. The molecule has 0 spiro atoms. The molecule has 0 aliphatic rings. The van der Waals surface area contributed by atoms with Gasteiger partial charge in [0.05, 0.1) is 5.69 Å². The Bertz CT molecular complexity index is 960. The fourth-order valence-corrected chi connectivity index (χ4v) is 2.51. The molecule has 0 atom stereocenters. The Morgan fingerprint density at radius 3 is 2.68 bits per heavy atom. The zero-order valence-electron chi connectivity index (χ0n) is 14.3. The van der Waals surface area contributed by atoms with Crippen molar-refractivity contribution in [3.05, 3.63) is 46.3 Å². The van der Waals surface area contributed by atoms with Gasteiger partial charge in [-0.15, -0.1) is 0 Å². The fourth-order valence-electron chi connectivity index (χ4n) is 2.51. The van der Waals surface area contributed by atoms with Crippen LogP contribution >= 0.6 is 0 Å². The molecule has 0 radical (unpaired) electrons. The number of carbonyl (C=O) groups excluding carboxylic acids is 1. The Morgan fingerprint density at radius 1 is 1.32 bits per heavy atom. The quantitative estimate of drug-likeness (QED) is 0.762. The first-order chi connectivity index (χ1) is 12.0. The van der Waals surface area contributed by atoms with E-state index in [0.29, 0.717) is 11.8 Å². The Kier molecular flexibility index (Phi) is 4.60. The predicted molar refractivity (Wildman–Crippen MR) is 92.4 cm³/mol.